The molecule has 2 fully saturated rings. The summed E-state index contributed by atoms with van der Waals surface area (Å²) >= 11 is 0. The smallest absolute Gasteiger partial charge is 0.246 e. The largest absolute Gasteiger partial charge is 0.381 e. The third-order valence-corrected chi connectivity index (χ3v) is 6.53. The zero-order valence-corrected chi connectivity index (χ0v) is 16.3. The number of nitrogens with two attached hydrogens (primary N) is 1. The summed E-state index contributed by atoms with van der Waals surface area (Å²) in [5, 5.41) is 2.60. The lowest BCUT2D eigenvalue weighted by atomic mass is 9.90. The van der Waals surface area contributed by atoms with E-state index in [1.807, 2.05) is 0 Å². The van der Waals surface area contributed by atoms with Crippen LogP contribution in [-0.4, -0.2) is 63.7 Å². The fraction of sp³-hybridized carbons (Fsp3) is 0.562. The Morgan fingerprint density at radius 1 is 1.15 bits per heavy atom. The summed E-state index contributed by atoms with van der Waals surface area (Å²) in [6.07, 6.45) is 0.720. The fourth-order valence-electron chi connectivity index (χ4n) is 2.92. The van der Waals surface area contributed by atoms with Crippen LogP contribution in [0, 0.1) is 5.82 Å². The van der Waals surface area contributed by atoms with Crippen LogP contribution in [0.4, 0.5) is 10.1 Å². The maximum absolute atomic E-state index is 14.2. The van der Waals surface area contributed by atoms with Crippen LogP contribution in [-0.2, 0) is 24.3 Å². The van der Waals surface area contributed by atoms with Crippen molar-refractivity contribution in [3.63, 3.8) is 0 Å². The molecule has 2 saturated heterocycles. The average molecular weight is 424 g/mol. The Morgan fingerprint density at radius 2 is 1.74 bits per heavy atom. The molecule has 152 valence electrons. The third-order valence-electron chi connectivity index (χ3n) is 4.61. The molecule has 3 rings (SSSR count). The Hall–Kier alpha value is -1.30. The van der Waals surface area contributed by atoms with Gasteiger partial charge < -0.3 is 20.5 Å². The van der Waals surface area contributed by atoms with Crippen LogP contribution >= 0.6 is 12.4 Å². The Bertz CT molecular complexity index is 780. The summed E-state index contributed by atoms with van der Waals surface area (Å²) in [4.78, 5) is 12.0. The molecule has 0 atom stereocenters. The molecule has 2 aliphatic rings. The maximum Gasteiger partial charge on any atom is 0.246 e. The number of amides is 1. The van der Waals surface area contributed by atoms with Gasteiger partial charge in [-0.2, -0.15) is 4.31 Å². The highest BCUT2D eigenvalue weighted by Gasteiger charge is 2.36. The number of sulfonamides is 1. The van der Waals surface area contributed by atoms with E-state index in [2.05, 4.69) is 5.32 Å². The molecule has 0 radical (unpaired) electrons. The van der Waals surface area contributed by atoms with Crippen molar-refractivity contribution in [1.82, 2.24) is 4.31 Å². The van der Waals surface area contributed by atoms with Gasteiger partial charge in [0.2, 0.25) is 15.9 Å². The second kappa shape index (κ2) is 8.80. The van der Waals surface area contributed by atoms with Crippen LogP contribution in [0.15, 0.2) is 23.1 Å². The van der Waals surface area contributed by atoms with Gasteiger partial charge in [0.1, 0.15) is 16.3 Å². The van der Waals surface area contributed by atoms with Crippen LogP contribution in [0.1, 0.15) is 12.8 Å². The van der Waals surface area contributed by atoms with E-state index in [9.17, 15) is 17.6 Å². The van der Waals surface area contributed by atoms with E-state index >= 15 is 0 Å². The minimum absolute atomic E-state index is 0. The van der Waals surface area contributed by atoms with E-state index in [1.54, 1.807) is 0 Å². The fourth-order valence-corrected chi connectivity index (χ4v) is 4.42. The number of nitrogens with zero attached hydrogens (tertiary/aromatic N) is 1. The number of hydrogen-bond acceptors (Lipinski definition) is 6. The van der Waals surface area contributed by atoms with E-state index in [-0.39, 0.29) is 44.4 Å². The zero-order valence-electron chi connectivity index (χ0n) is 14.6. The average Bonchev–Trinajstić information content (AvgIpc) is 2.64. The van der Waals surface area contributed by atoms with Crippen molar-refractivity contribution in [1.29, 1.82) is 0 Å². The molecule has 0 bridgehead atoms. The van der Waals surface area contributed by atoms with Gasteiger partial charge in [-0.3, -0.25) is 4.79 Å². The molecule has 0 spiro atoms. The Morgan fingerprint density at radius 3 is 2.37 bits per heavy atom. The summed E-state index contributed by atoms with van der Waals surface area (Å²) in [6.45, 7) is 1.59. The lowest BCUT2D eigenvalue weighted by Crippen LogP contribution is -2.54. The SMILES string of the molecule is Cl.NC1(C(=O)Nc2ccc(F)c(S(=O)(=O)N3CCOCC3)c2)CCOCC1. The predicted molar refractivity (Wildman–Crippen MR) is 98.8 cm³/mol. The van der Waals surface area contributed by atoms with Crippen molar-refractivity contribution in [2.75, 3.05) is 44.8 Å². The van der Waals surface area contributed by atoms with Crippen LogP contribution < -0.4 is 11.1 Å². The summed E-state index contributed by atoms with van der Waals surface area (Å²) < 4.78 is 51.1. The normalized spacial score (nSPS) is 20.5. The second-order valence-corrected chi connectivity index (χ2v) is 8.29. The van der Waals surface area contributed by atoms with Crippen molar-refractivity contribution in [2.45, 2.75) is 23.3 Å². The van der Waals surface area contributed by atoms with E-state index in [1.165, 1.54) is 10.4 Å². The highest BCUT2D eigenvalue weighted by molar-refractivity contribution is 7.89. The molecule has 0 aliphatic carbocycles. The van der Waals surface area contributed by atoms with Gasteiger partial charge in [0, 0.05) is 32.0 Å². The highest BCUT2D eigenvalue weighted by Crippen LogP contribution is 2.25. The molecule has 8 nitrogen and oxygen atoms in total. The molecule has 1 aromatic rings. The van der Waals surface area contributed by atoms with E-state index in [0.717, 1.165) is 12.1 Å². The molecule has 2 heterocycles. The summed E-state index contributed by atoms with van der Waals surface area (Å²) in [5.41, 5.74) is 5.21. The second-order valence-electron chi connectivity index (χ2n) is 6.38. The molecule has 0 aromatic heterocycles. The van der Waals surface area contributed by atoms with E-state index < -0.39 is 32.2 Å². The minimum Gasteiger partial charge on any atom is -0.381 e. The molecule has 2 aliphatic heterocycles. The van der Waals surface area contributed by atoms with Crippen molar-refractivity contribution in [3.05, 3.63) is 24.0 Å². The van der Waals surface area contributed by atoms with Gasteiger partial charge in [-0.15, -0.1) is 12.4 Å². The van der Waals surface area contributed by atoms with Crippen LogP contribution in [0.25, 0.3) is 0 Å². The zero-order chi connectivity index (χ0) is 18.8. The number of rotatable bonds is 4. The van der Waals surface area contributed by atoms with Gasteiger partial charge in [0.15, 0.2) is 0 Å². The first kappa shape index (κ1) is 22.0. The Labute approximate surface area is 163 Å². The highest BCUT2D eigenvalue weighted by atomic mass is 35.5. The number of anilines is 1. The standard InChI is InChI=1S/C16H22FN3O5S.ClH/c17-13-2-1-12(19-15(21)16(18)3-7-24-8-4-16)11-14(13)26(22,23)20-5-9-25-10-6-20;/h1-2,11H,3-10,18H2,(H,19,21);1H. The van der Waals surface area contributed by atoms with Crippen LogP contribution in [0.5, 0.6) is 0 Å². The van der Waals surface area contributed by atoms with Gasteiger partial charge in [0.25, 0.3) is 0 Å². The van der Waals surface area contributed by atoms with Gasteiger partial charge in [-0.1, -0.05) is 0 Å². The number of halogens is 2. The summed E-state index contributed by atoms with van der Waals surface area (Å²) in [5.74, 6) is -1.31. The van der Waals surface area contributed by atoms with Crippen molar-refractivity contribution < 1.29 is 27.1 Å². The molecular weight excluding hydrogens is 401 g/mol. The van der Waals surface area contributed by atoms with E-state index in [4.69, 9.17) is 15.2 Å². The number of ether oxygens (including phenoxy) is 2. The topological polar surface area (TPSA) is 111 Å². The summed E-state index contributed by atoms with van der Waals surface area (Å²) in [6, 6.07) is 3.46. The van der Waals surface area contributed by atoms with Gasteiger partial charge in [0.05, 0.1) is 13.2 Å². The molecule has 0 saturated carbocycles. The number of carbonyl (C=O) groups is 1. The Kier molecular flexibility index (Phi) is 7.17. The number of benzene rings is 1. The molecule has 27 heavy (non-hydrogen) atoms. The lowest BCUT2D eigenvalue weighted by Gasteiger charge is -2.31. The molecule has 1 aromatic carbocycles. The van der Waals surface area contributed by atoms with Crippen molar-refractivity contribution >= 4 is 34.0 Å². The van der Waals surface area contributed by atoms with Crippen LogP contribution in [0.2, 0.25) is 0 Å². The molecule has 3 N–H and O–H groups in total. The first-order valence-electron chi connectivity index (χ1n) is 8.38. The Balaban J connectivity index is 0.00000261. The lowest BCUT2D eigenvalue weighted by molar-refractivity contribution is -0.124. The molecule has 11 heteroatoms. The molecule has 1 amide bonds. The number of carbonyl (C=O) groups excluding carboxylic acids is 1. The minimum atomic E-state index is -4.02. The maximum atomic E-state index is 14.2. The quantitative estimate of drug-likeness (QED) is 0.738. The van der Waals surface area contributed by atoms with Crippen molar-refractivity contribution in [3.8, 4) is 0 Å². The summed E-state index contributed by atoms with van der Waals surface area (Å²) in [7, 11) is -4.02. The van der Waals surface area contributed by atoms with E-state index in [0.29, 0.717) is 26.1 Å². The van der Waals surface area contributed by atoms with Gasteiger partial charge >= 0.3 is 0 Å². The number of nitrogens with one attached hydrogen (secondary N) is 1. The van der Waals surface area contributed by atoms with Crippen molar-refractivity contribution in [2.24, 2.45) is 5.73 Å². The predicted octanol–water partition coefficient (Wildman–Crippen LogP) is 0.715. The van der Waals surface area contributed by atoms with Gasteiger partial charge in [-0.05, 0) is 31.0 Å². The number of hydrogen-bond donors (Lipinski definition) is 2. The van der Waals surface area contributed by atoms with Gasteiger partial charge in [-0.25, -0.2) is 12.8 Å². The monoisotopic (exact) mass is 423 g/mol. The number of morpholine rings is 1. The first-order chi connectivity index (χ1) is 12.3. The molecule has 0 unspecified atom stereocenters. The third kappa shape index (κ3) is 4.76. The van der Waals surface area contributed by atoms with Crippen LogP contribution in [0.3, 0.4) is 0 Å². The molecular formula is C16H23ClFN3O5S. The first-order valence-corrected chi connectivity index (χ1v) is 9.82.